The number of rotatable bonds is 3. The highest BCUT2D eigenvalue weighted by atomic mass is 16.5. The van der Waals surface area contributed by atoms with Gasteiger partial charge in [-0.25, -0.2) is 4.98 Å². The van der Waals surface area contributed by atoms with Gasteiger partial charge in [0.25, 0.3) is 0 Å². The van der Waals surface area contributed by atoms with Crippen LogP contribution in [0.4, 0.5) is 0 Å². The molecule has 0 aliphatic heterocycles. The van der Waals surface area contributed by atoms with Crippen LogP contribution >= 0.6 is 0 Å². The van der Waals surface area contributed by atoms with E-state index in [0.717, 1.165) is 16.7 Å². The highest BCUT2D eigenvalue weighted by Gasteiger charge is 2.02. The molecule has 0 unspecified atom stereocenters. The van der Waals surface area contributed by atoms with E-state index in [2.05, 4.69) is 11.6 Å². The summed E-state index contributed by atoms with van der Waals surface area (Å²) in [6.45, 7) is 6.23. The van der Waals surface area contributed by atoms with Crippen molar-refractivity contribution in [3.8, 4) is 5.88 Å². The standard InChI is InChI=1S/C10H14N2O/c1-7-4-9(8(2)5-11)6-12-10(7)13-3/h4,6H,2,5,11H2,1,3H3. The summed E-state index contributed by atoms with van der Waals surface area (Å²) in [5, 5.41) is 0. The monoisotopic (exact) mass is 178 g/mol. The number of aromatic nitrogens is 1. The van der Waals surface area contributed by atoms with Crippen LogP contribution in [0.15, 0.2) is 18.8 Å². The Labute approximate surface area is 78.2 Å². The van der Waals surface area contributed by atoms with Crippen molar-refractivity contribution >= 4 is 5.57 Å². The van der Waals surface area contributed by atoms with E-state index in [4.69, 9.17) is 10.5 Å². The number of pyridine rings is 1. The van der Waals surface area contributed by atoms with E-state index >= 15 is 0 Å². The van der Waals surface area contributed by atoms with Crippen molar-refractivity contribution in [3.63, 3.8) is 0 Å². The smallest absolute Gasteiger partial charge is 0.215 e. The topological polar surface area (TPSA) is 48.1 Å². The molecule has 0 spiro atoms. The van der Waals surface area contributed by atoms with Gasteiger partial charge in [-0.3, -0.25) is 0 Å². The lowest BCUT2D eigenvalue weighted by molar-refractivity contribution is 0.394. The molecule has 1 aromatic rings. The zero-order valence-corrected chi connectivity index (χ0v) is 8.00. The predicted octanol–water partition coefficient (Wildman–Crippen LogP) is 1.37. The molecule has 2 N–H and O–H groups in total. The summed E-state index contributed by atoms with van der Waals surface area (Å²) in [5.41, 5.74) is 8.32. The zero-order valence-electron chi connectivity index (χ0n) is 8.00. The van der Waals surface area contributed by atoms with Crippen molar-refractivity contribution in [1.29, 1.82) is 0 Å². The molecule has 0 atom stereocenters. The number of ether oxygens (including phenoxy) is 1. The fraction of sp³-hybridized carbons (Fsp3) is 0.300. The first-order chi connectivity index (χ1) is 6.19. The van der Waals surface area contributed by atoms with Crippen molar-refractivity contribution in [1.82, 2.24) is 4.98 Å². The molecule has 1 aromatic heterocycles. The molecule has 3 heteroatoms. The first-order valence-electron chi connectivity index (χ1n) is 4.08. The van der Waals surface area contributed by atoms with Gasteiger partial charge in [-0.2, -0.15) is 0 Å². The molecule has 1 heterocycles. The van der Waals surface area contributed by atoms with Gasteiger partial charge in [-0.15, -0.1) is 0 Å². The third-order valence-electron chi connectivity index (χ3n) is 1.88. The molecule has 70 valence electrons. The number of hydrogen-bond acceptors (Lipinski definition) is 3. The maximum absolute atomic E-state index is 5.47. The van der Waals surface area contributed by atoms with E-state index in [1.54, 1.807) is 13.3 Å². The van der Waals surface area contributed by atoms with Crippen LogP contribution in [0.25, 0.3) is 5.57 Å². The number of nitrogens with zero attached hydrogens (tertiary/aromatic N) is 1. The molecule has 3 nitrogen and oxygen atoms in total. The molecule has 0 fully saturated rings. The minimum atomic E-state index is 0.452. The van der Waals surface area contributed by atoms with Crippen LogP contribution in [0.2, 0.25) is 0 Å². The average molecular weight is 178 g/mol. The van der Waals surface area contributed by atoms with Crippen LogP contribution in [0.5, 0.6) is 5.88 Å². The fourth-order valence-electron chi connectivity index (χ4n) is 1.09. The fourth-order valence-corrected chi connectivity index (χ4v) is 1.09. The van der Waals surface area contributed by atoms with Crippen LogP contribution in [-0.4, -0.2) is 18.6 Å². The molecule has 0 bridgehead atoms. The van der Waals surface area contributed by atoms with Crippen LogP contribution in [0.3, 0.4) is 0 Å². The Morgan fingerprint density at radius 2 is 2.38 bits per heavy atom. The third kappa shape index (κ3) is 2.06. The molecule has 1 rings (SSSR count). The minimum Gasteiger partial charge on any atom is -0.481 e. The number of hydrogen-bond donors (Lipinski definition) is 1. The molecular formula is C10H14N2O. The van der Waals surface area contributed by atoms with Gasteiger partial charge < -0.3 is 10.5 Å². The van der Waals surface area contributed by atoms with Crippen molar-refractivity contribution in [3.05, 3.63) is 30.0 Å². The van der Waals surface area contributed by atoms with Crippen molar-refractivity contribution < 1.29 is 4.74 Å². The Hall–Kier alpha value is -1.35. The lowest BCUT2D eigenvalue weighted by atomic mass is 10.1. The summed E-state index contributed by atoms with van der Waals surface area (Å²) in [6.07, 6.45) is 1.72. The Kier molecular flexibility index (Phi) is 3.03. The van der Waals surface area contributed by atoms with E-state index in [0.29, 0.717) is 12.4 Å². The third-order valence-corrected chi connectivity index (χ3v) is 1.88. The molecule has 0 saturated carbocycles. The summed E-state index contributed by atoms with van der Waals surface area (Å²) in [6, 6.07) is 1.97. The van der Waals surface area contributed by atoms with Crippen LogP contribution in [0.1, 0.15) is 11.1 Å². The van der Waals surface area contributed by atoms with Crippen molar-refractivity contribution in [2.24, 2.45) is 5.73 Å². The lowest BCUT2D eigenvalue weighted by Gasteiger charge is -2.06. The Morgan fingerprint density at radius 1 is 1.69 bits per heavy atom. The van der Waals surface area contributed by atoms with Gasteiger partial charge >= 0.3 is 0 Å². The van der Waals surface area contributed by atoms with Crippen molar-refractivity contribution in [2.45, 2.75) is 6.92 Å². The molecule has 13 heavy (non-hydrogen) atoms. The summed E-state index contributed by atoms with van der Waals surface area (Å²) in [7, 11) is 1.60. The summed E-state index contributed by atoms with van der Waals surface area (Å²) in [4.78, 5) is 4.13. The molecular weight excluding hydrogens is 164 g/mol. The van der Waals surface area contributed by atoms with Gasteiger partial charge in [0, 0.05) is 18.3 Å². The maximum Gasteiger partial charge on any atom is 0.215 e. The van der Waals surface area contributed by atoms with Gasteiger partial charge in [0.2, 0.25) is 5.88 Å². The Bertz CT molecular complexity index is 321. The molecule has 0 saturated heterocycles. The average Bonchev–Trinajstić information content (AvgIpc) is 2.16. The highest BCUT2D eigenvalue weighted by Crippen LogP contribution is 2.18. The van der Waals surface area contributed by atoms with Gasteiger partial charge in [0.15, 0.2) is 0 Å². The molecule has 0 aliphatic rings. The quantitative estimate of drug-likeness (QED) is 0.760. The summed E-state index contributed by atoms with van der Waals surface area (Å²) >= 11 is 0. The minimum absolute atomic E-state index is 0.452. The van der Waals surface area contributed by atoms with Crippen LogP contribution in [0, 0.1) is 6.92 Å². The van der Waals surface area contributed by atoms with E-state index in [9.17, 15) is 0 Å². The molecule has 0 radical (unpaired) electrons. The maximum atomic E-state index is 5.47. The zero-order chi connectivity index (χ0) is 9.84. The first kappa shape index (κ1) is 9.74. The molecule has 0 amide bonds. The van der Waals surface area contributed by atoms with Crippen molar-refractivity contribution in [2.75, 3.05) is 13.7 Å². The SMILES string of the molecule is C=C(CN)c1cnc(OC)c(C)c1. The van der Waals surface area contributed by atoms with Gasteiger partial charge in [0.1, 0.15) is 0 Å². The largest absolute Gasteiger partial charge is 0.481 e. The molecule has 0 aliphatic carbocycles. The van der Waals surface area contributed by atoms with E-state index in [-0.39, 0.29) is 0 Å². The molecule has 0 aromatic carbocycles. The van der Waals surface area contributed by atoms with Gasteiger partial charge in [-0.05, 0) is 24.1 Å². The Balaban J connectivity index is 3.02. The van der Waals surface area contributed by atoms with E-state index < -0.39 is 0 Å². The number of aryl methyl sites for hydroxylation is 1. The lowest BCUT2D eigenvalue weighted by Crippen LogP contribution is -2.02. The highest BCUT2D eigenvalue weighted by molar-refractivity contribution is 5.64. The van der Waals surface area contributed by atoms with Gasteiger partial charge in [-0.1, -0.05) is 6.58 Å². The van der Waals surface area contributed by atoms with E-state index in [1.807, 2.05) is 13.0 Å². The predicted molar refractivity (Wildman–Crippen MR) is 53.6 cm³/mol. The van der Waals surface area contributed by atoms with E-state index in [1.165, 1.54) is 0 Å². The van der Waals surface area contributed by atoms with Crippen LogP contribution < -0.4 is 10.5 Å². The summed E-state index contributed by atoms with van der Waals surface area (Å²) in [5.74, 6) is 0.647. The normalized spacial score (nSPS) is 9.77. The number of methoxy groups -OCH3 is 1. The Morgan fingerprint density at radius 3 is 2.85 bits per heavy atom. The van der Waals surface area contributed by atoms with Crippen LogP contribution in [-0.2, 0) is 0 Å². The summed E-state index contributed by atoms with van der Waals surface area (Å²) < 4.78 is 5.04. The van der Waals surface area contributed by atoms with Gasteiger partial charge in [0.05, 0.1) is 7.11 Å². The second kappa shape index (κ2) is 4.05. The second-order valence-electron chi connectivity index (χ2n) is 2.86. The second-order valence-corrected chi connectivity index (χ2v) is 2.86. The first-order valence-corrected chi connectivity index (χ1v) is 4.08. The number of nitrogens with two attached hydrogens (primary N) is 1.